The third kappa shape index (κ3) is 4.07. The van der Waals surface area contributed by atoms with Crippen LogP contribution in [0.4, 0.5) is 18.9 Å². The van der Waals surface area contributed by atoms with Crippen LogP contribution in [0.15, 0.2) is 47.4 Å². The number of hydrogen-bond acceptors (Lipinski definition) is 4. The smallest absolute Gasteiger partial charge is 0.497 e. The number of hydrogen-bond donors (Lipinski definition) is 0. The molecule has 2 aromatic carbocycles. The number of thioether (sulfide) groups is 1. The summed E-state index contributed by atoms with van der Waals surface area (Å²) in [6.45, 7) is 2.08. The minimum atomic E-state index is -4.73. The monoisotopic (exact) mass is 383 g/mol. The van der Waals surface area contributed by atoms with Crippen molar-refractivity contribution in [3.05, 3.63) is 48.0 Å². The first-order chi connectivity index (χ1) is 12.3. The maximum absolute atomic E-state index is 12.6. The van der Waals surface area contributed by atoms with Crippen LogP contribution in [-0.4, -0.2) is 24.6 Å². The Morgan fingerprint density at radius 2 is 1.77 bits per heavy atom. The maximum Gasteiger partial charge on any atom is 0.573 e. The van der Waals surface area contributed by atoms with Gasteiger partial charge < -0.3 is 14.4 Å². The highest BCUT2D eigenvalue weighted by atomic mass is 32.2. The van der Waals surface area contributed by atoms with Gasteiger partial charge in [0.15, 0.2) is 0 Å². The third-order valence-electron chi connectivity index (χ3n) is 3.87. The first-order valence-corrected chi connectivity index (χ1v) is 8.65. The van der Waals surface area contributed by atoms with Crippen LogP contribution in [0.3, 0.4) is 0 Å². The molecule has 2 aromatic rings. The number of carbonyl (C=O) groups excluding carboxylic acids is 1. The van der Waals surface area contributed by atoms with Gasteiger partial charge >= 0.3 is 6.36 Å². The summed E-state index contributed by atoms with van der Waals surface area (Å²) in [6.07, 6.45) is -4.73. The van der Waals surface area contributed by atoms with Crippen LogP contribution in [-0.2, 0) is 11.3 Å². The van der Waals surface area contributed by atoms with Crippen molar-refractivity contribution in [3.63, 3.8) is 0 Å². The standard InChI is InChI=1S/C18H16F3NO3S/c1-11-17(23)22(15-8-7-14(24-2)9-16(15)26-11)10-12-3-5-13(6-4-12)25-18(19,20)21/h3-9,11H,10H2,1-2H3. The number of rotatable bonds is 4. The number of fused-ring (bicyclic) bond motifs is 1. The van der Waals surface area contributed by atoms with Crippen molar-refractivity contribution in [3.8, 4) is 11.5 Å². The van der Waals surface area contributed by atoms with Crippen molar-refractivity contribution < 1.29 is 27.4 Å². The van der Waals surface area contributed by atoms with E-state index in [1.165, 1.54) is 36.0 Å². The lowest BCUT2D eigenvalue weighted by atomic mass is 10.1. The number of ether oxygens (including phenoxy) is 2. The molecule has 1 unspecified atom stereocenters. The van der Waals surface area contributed by atoms with E-state index >= 15 is 0 Å². The first-order valence-electron chi connectivity index (χ1n) is 7.77. The Bertz CT molecular complexity index is 808. The lowest BCUT2D eigenvalue weighted by Crippen LogP contribution is -2.39. The number of anilines is 1. The summed E-state index contributed by atoms with van der Waals surface area (Å²) in [7, 11) is 1.58. The lowest BCUT2D eigenvalue weighted by Gasteiger charge is -2.32. The molecule has 3 rings (SSSR count). The minimum absolute atomic E-state index is 0.0525. The van der Waals surface area contributed by atoms with Crippen LogP contribution in [0.2, 0.25) is 0 Å². The van der Waals surface area contributed by atoms with Gasteiger partial charge in [-0.25, -0.2) is 0 Å². The van der Waals surface area contributed by atoms with Crippen molar-refractivity contribution in [1.82, 2.24) is 0 Å². The molecule has 1 amide bonds. The van der Waals surface area contributed by atoms with E-state index in [1.807, 2.05) is 19.1 Å². The van der Waals surface area contributed by atoms with Crippen LogP contribution < -0.4 is 14.4 Å². The summed E-state index contributed by atoms with van der Waals surface area (Å²) in [5, 5.41) is -0.262. The SMILES string of the molecule is COc1ccc2c(c1)SC(C)C(=O)N2Cc1ccc(OC(F)(F)F)cc1. The third-order valence-corrected chi connectivity index (χ3v) is 5.01. The van der Waals surface area contributed by atoms with Gasteiger partial charge in [-0.2, -0.15) is 0 Å². The highest BCUT2D eigenvalue weighted by Gasteiger charge is 2.32. The molecule has 0 N–H and O–H groups in total. The molecule has 26 heavy (non-hydrogen) atoms. The Morgan fingerprint density at radius 1 is 1.12 bits per heavy atom. The van der Waals surface area contributed by atoms with Gasteiger partial charge in [-0.15, -0.1) is 24.9 Å². The molecule has 1 aliphatic heterocycles. The van der Waals surface area contributed by atoms with E-state index in [4.69, 9.17) is 4.74 Å². The van der Waals surface area contributed by atoms with Gasteiger partial charge in [0, 0.05) is 4.90 Å². The molecule has 138 valence electrons. The van der Waals surface area contributed by atoms with Crippen molar-refractivity contribution in [1.29, 1.82) is 0 Å². The van der Waals surface area contributed by atoms with Crippen LogP contribution in [0.25, 0.3) is 0 Å². The van der Waals surface area contributed by atoms with E-state index in [0.29, 0.717) is 11.3 Å². The summed E-state index contributed by atoms with van der Waals surface area (Å²) in [5.41, 5.74) is 1.46. The molecule has 0 radical (unpaired) electrons. The zero-order valence-electron chi connectivity index (χ0n) is 14.0. The van der Waals surface area contributed by atoms with Gasteiger partial charge in [0.1, 0.15) is 11.5 Å². The fraction of sp³-hybridized carbons (Fsp3) is 0.278. The minimum Gasteiger partial charge on any atom is -0.497 e. The van der Waals surface area contributed by atoms with Gasteiger partial charge in [0.25, 0.3) is 0 Å². The second-order valence-electron chi connectivity index (χ2n) is 5.71. The molecule has 1 heterocycles. The van der Waals surface area contributed by atoms with Crippen LogP contribution in [0.1, 0.15) is 12.5 Å². The largest absolute Gasteiger partial charge is 0.573 e. The molecule has 0 bridgehead atoms. The maximum atomic E-state index is 12.6. The van der Waals surface area contributed by atoms with E-state index in [-0.39, 0.29) is 23.5 Å². The Morgan fingerprint density at radius 3 is 2.38 bits per heavy atom. The van der Waals surface area contributed by atoms with Gasteiger partial charge in [0.05, 0.1) is 24.6 Å². The molecule has 0 saturated carbocycles. The molecular weight excluding hydrogens is 367 g/mol. The van der Waals surface area contributed by atoms with Crippen LogP contribution >= 0.6 is 11.8 Å². The van der Waals surface area contributed by atoms with Crippen molar-refractivity contribution in [2.45, 2.75) is 30.0 Å². The predicted molar refractivity (Wildman–Crippen MR) is 92.6 cm³/mol. The number of nitrogens with zero attached hydrogens (tertiary/aromatic N) is 1. The summed E-state index contributed by atoms with van der Waals surface area (Å²) in [4.78, 5) is 15.2. The molecule has 0 fully saturated rings. The van der Waals surface area contributed by atoms with Crippen LogP contribution in [0, 0.1) is 0 Å². The van der Waals surface area contributed by atoms with Crippen molar-refractivity contribution in [2.24, 2.45) is 0 Å². The second kappa shape index (κ2) is 7.11. The van der Waals surface area contributed by atoms with Crippen molar-refractivity contribution in [2.75, 3.05) is 12.0 Å². The Balaban J connectivity index is 1.84. The molecule has 1 atom stereocenters. The van der Waals surface area contributed by atoms with Crippen molar-refractivity contribution >= 4 is 23.4 Å². The number of alkyl halides is 3. The molecule has 0 aliphatic carbocycles. The van der Waals surface area contributed by atoms with Gasteiger partial charge in [0.2, 0.25) is 5.91 Å². The zero-order valence-corrected chi connectivity index (χ0v) is 14.9. The number of amides is 1. The molecule has 1 aliphatic rings. The highest BCUT2D eigenvalue weighted by Crippen LogP contribution is 2.41. The zero-order chi connectivity index (χ0) is 18.9. The number of benzene rings is 2. The summed E-state index contributed by atoms with van der Waals surface area (Å²) in [5.74, 6) is 0.356. The Kier molecular flexibility index (Phi) is 5.04. The fourth-order valence-electron chi connectivity index (χ4n) is 2.66. The average molecular weight is 383 g/mol. The second-order valence-corrected chi connectivity index (χ2v) is 7.09. The Hall–Kier alpha value is -2.35. The fourth-order valence-corrected chi connectivity index (χ4v) is 3.75. The number of carbonyl (C=O) groups is 1. The van der Waals surface area contributed by atoms with Crippen LogP contribution in [0.5, 0.6) is 11.5 Å². The predicted octanol–water partition coefficient (Wildman–Crippen LogP) is 4.62. The molecule has 0 spiro atoms. The van der Waals surface area contributed by atoms with Gasteiger partial charge in [-0.3, -0.25) is 4.79 Å². The molecular formula is C18H16F3NO3S. The lowest BCUT2D eigenvalue weighted by molar-refractivity contribution is -0.274. The Labute approximate surface area is 152 Å². The summed E-state index contributed by atoms with van der Waals surface area (Å²) < 4.78 is 45.8. The highest BCUT2D eigenvalue weighted by molar-refractivity contribution is 8.01. The van der Waals surface area contributed by atoms with Gasteiger partial charge in [-0.05, 0) is 42.8 Å². The first kappa shape index (κ1) is 18.4. The number of halogens is 3. The topological polar surface area (TPSA) is 38.8 Å². The van der Waals surface area contributed by atoms with Gasteiger partial charge in [-0.1, -0.05) is 12.1 Å². The quantitative estimate of drug-likeness (QED) is 0.772. The molecule has 0 saturated heterocycles. The molecule has 4 nitrogen and oxygen atoms in total. The number of methoxy groups -OCH3 is 1. The van der Waals surface area contributed by atoms with E-state index in [9.17, 15) is 18.0 Å². The van der Waals surface area contributed by atoms with E-state index in [2.05, 4.69) is 4.74 Å². The van der Waals surface area contributed by atoms with E-state index < -0.39 is 6.36 Å². The summed E-state index contributed by atoms with van der Waals surface area (Å²) in [6, 6.07) is 11.0. The molecule has 8 heteroatoms. The van der Waals surface area contributed by atoms with E-state index in [1.54, 1.807) is 18.1 Å². The average Bonchev–Trinajstić information content (AvgIpc) is 2.58. The van der Waals surface area contributed by atoms with E-state index in [0.717, 1.165) is 10.6 Å². The normalized spacial score (nSPS) is 17.0. The summed E-state index contributed by atoms with van der Waals surface area (Å²) >= 11 is 1.46. The molecule has 0 aromatic heterocycles.